The maximum atomic E-state index is 13.1. The highest BCUT2D eigenvalue weighted by Crippen LogP contribution is 2.45. The molecule has 0 saturated carbocycles. The van der Waals surface area contributed by atoms with Crippen LogP contribution in [0.15, 0.2) is 17.0 Å². The van der Waals surface area contributed by atoms with E-state index in [1.807, 2.05) is 0 Å². The number of nitro groups is 1. The Labute approximate surface area is 139 Å². The van der Waals surface area contributed by atoms with E-state index in [9.17, 15) is 28.4 Å². The van der Waals surface area contributed by atoms with E-state index in [-0.39, 0.29) is 16.6 Å². The fourth-order valence-corrected chi connectivity index (χ4v) is 6.11. The highest BCUT2D eigenvalue weighted by molar-refractivity contribution is 7.89. The summed E-state index contributed by atoms with van der Waals surface area (Å²) in [4.78, 5) is 21.7. The molecule has 24 heavy (non-hydrogen) atoms. The average molecular weight is 354 g/mol. The van der Waals surface area contributed by atoms with Crippen LogP contribution in [0.2, 0.25) is 0 Å². The number of carboxylic acids is 1. The summed E-state index contributed by atoms with van der Waals surface area (Å²) in [7, 11) is -3.98. The first-order valence-corrected chi connectivity index (χ1v) is 9.10. The highest BCUT2D eigenvalue weighted by Gasteiger charge is 2.54. The number of hydrogen-bond acceptors (Lipinski definition) is 5. The smallest absolute Gasteiger partial charge is 0.308 e. The van der Waals surface area contributed by atoms with Gasteiger partial charge in [-0.15, -0.1) is 0 Å². The molecule has 3 rings (SSSR count). The standard InChI is InChI=1S/C15H18N2O6S/c1-8-5-11(17(20)21)7-14(9(8)2)24(22,23)16-10-3-4-13(16)12(6-10)15(18)19/h5,7,10,12-13H,3-4,6H2,1-2H3,(H,18,19). The minimum Gasteiger partial charge on any atom is -0.481 e. The molecule has 2 saturated heterocycles. The molecule has 0 aliphatic carbocycles. The second-order valence-electron chi connectivity index (χ2n) is 6.46. The number of rotatable bonds is 4. The molecule has 2 heterocycles. The lowest BCUT2D eigenvalue weighted by Crippen LogP contribution is -2.38. The number of aryl methyl sites for hydroxylation is 1. The summed E-state index contributed by atoms with van der Waals surface area (Å²) in [5, 5.41) is 20.4. The molecule has 1 aromatic carbocycles. The largest absolute Gasteiger partial charge is 0.481 e. The Morgan fingerprint density at radius 2 is 2.00 bits per heavy atom. The Kier molecular flexibility index (Phi) is 3.88. The van der Waals surface area contributed by atoms with E-state index in [1.54, 1.807) is 13.8 Å². The van der Waals surface area contributed by atoms with E-state index < -0.39 is 32.9 Å². The summed E-state index contributed by atoms with van der Waals surface area (Å²) in [6.07, 6.45) is 1.43. The molecule has 0 radical (unpaired) electrons. The lowest BCUT2D eigenvalue weighted by Gasteiger charge is -2.23. The van der Waals surface area contributed by atoms with Crippen LogP contribution in [0.25, 0.3) is 0 Å². The third-order valence-corrected chi connectivity index (χ3v) is 7.26. The summed E-state index contributed by atoms with van der Waals surface area (Å²) in [6.45, 7) is 3.23. The minimum absolute atomic E-state index is 0.0999. The van der Waals surface area contributed by atoms with Crippen LogP contribution in [-0.4, -0.2) is 40.8 Å². The van der Waals surface area contributed by atoms with Crippen molar-refractivity contribution in [1.29, 1.82) is 0 Å². The van der Waals surface area contributed by atoms with Crippen molar-refractivity contribution in [3.05, 3.63) is 33.4 Å². The zero-order valence-corrected chi connectivity index (χ0v) is 14.1. The molecule has 9 heteroatoms. The molecule has 1 aromatic rings. The number of fused-ring (bicyclic) bond motifs is 2. The van der Waals surface area contributed by atoms with E-state index in [4.69, 9.17) is 0 Å². The monoisotopic (exact) mass is 354 g/mol. The summed E-state index contributed by atoms with van der Waals surface area (Å²) in [5.74, 6) is -1.70. The highest BCUT2D eigenvalue weighted by atomic mass is 32.2. The maximum absolute atomic E-state index is 13.1. The molecule has 3 unspecified atom stereocenters. The SMILES string of the molecule is Cc1cc([N+](=O)[O-])cc(S(=O)(=O)N2C3CCC2C(C(=O)O)C3)c1C. The zero-order valence-electron chi connectivity index (χ0n) is 13.3. The second kappa shape index (κ2) is 5.52. The van der Waals surface area contributed by atoms with Crippen LogP contribution >= 0.6 is 0 Å². The van der Waals surface area contributed by atoms with Crippen LogP contribution in [0, 0.1) is 29.9 Å². The van der Waals surface area contributed by atoms with Gasteiger partial charge >= 0.3 is 5.97 Å². The number of benzene rings is 1. The Morgan fingerprint density at radius 1 is 1.33 bits per heavy atom. The van der Waals surface area contributed by atoms with Gasteiger partial charge in [0.25, 0.3) is 5.69 Å². The number of nitro benzene ring substituents is 1. The van der Waals surface area contributed by atoms with Gasteiger partial charge in [0, 0.05) is 24.2 Å². The molecular weight excluding hydrogens is 336 g/mol. The van der Waals surface area contributed by atoms with Crippen LogP contribution in [0.3, 0.4) is 0 Å². The second-order valence-corrected chi connectivity index (χ2v) is 8.27. The third kappa shape index (κ3) is 2.39. The quantitative estimate of drug-likeness (QED) is 0.651. The number of carbonyl (C=O) groups is 1. The summed E-state index contributed by atoms with van der Waals surface area (Å²) < 4.78 is 27.5. The van der Waals surface area contributed by atoms with Gasteiger partial charge in [-0.3, -0.25) is 14.9 Å². The van der Waals surface area contributed by atoms with Gasteiger partial charge in [0.2, 0.25) is 10.0 Å². The lowest BCUT2D eigenvalue weighted by molar-refractivity contribution is -0.385. The van der Waals surface area contributed by atoms with Crippen molar-refractivity contribution in [3.63, 3.8) is 0 Å². The molecule has 0 amide bonds. The van der Waals surface area contributed by atoms with Crippen molar-refractivity contribution in [1.82, 2.24) is 4.31 Å². The minimum atomic E-state index is -3.98. The zero-order chi connectivity index (χ0) is 17.8. The molecular formula is C15H18N2O6S. The molecule has 1 N–H and O–H groups in total. The Bertz CT molecular complexity index is 835. The molecule has 3 atom stereocenters. The fourth-order valence-electron chi connectivity index (χ4n) is 3.87. The molecule has 130 valence electrons. The van der Waals surface area contributed by atoms with Crippen molar-refractivity contribution in [2.45, 2.75) is 50.1 Å². The maximum Gasteiger partial charge on any atom is 0.308 e. The molecule has 0 aromatic heterocycles. The lowest BCUT2D eigenvalue weighted by atomic mass is 9.89. The summed E-state index contributed by atoms with van der Waals surface area (Å²) in [6, 6.07) is 1.50. The van der Waals surface area contributed by atoms with E-state index in [0.717, 1.165) is 6.07 Å². The Morgan fingerprint density at radius 3 is 2.54 bits per heavy atom. The number of nitrogens with zero attached hydrogens (tertiary/aromatic N) is 2. The predicted molar refractivity (Wildman–Crippen MR) is 84.1 cm³/mol. The van der Waals surface area contributed by atoms with Crippen molar-refractivity contribution in [2.75, 3.05) is 0 Å². The topological polar surface area (TPSA) is 118 Å². The van der Waals surface area contributed by atoms with E-state index in [1.165, 1.54) is 10.4 Å². The van der Waals surface area contributed by atoms with Crippen molar-refractivity contribution >= 4 is 21.7 Å². The normalized spacial score (nSPS) is 26.7. The van der Waals surface area contributed by atoms with E-state index >= 15 is 0 Å². The third-order valence-electron chi connectivity index (χ3n) is 5.16. The Balaban J connectivity index is 2.10. The number of non-ortho nitro benzene ring substituents is 1. The first-order valence-electron chi connectivity index (χ1n) is 7.66. The number of sulfonamides is 1. The van der Waals surface area contributed by atoms with Crippen LogP contribution in [0.1, 0.15) is 30.4 Å². The van der Waals surface area contributed by atoms with Crippen LogP contribution in [0.5, 0.6) is 0 Å². The first kappa shape index (κ1) is 16.8. The molecule has 0 spiro atoms. The first-order chi connectivity index (χ1) is 11.1. The van der Waals surface area contributed by atoms with Gasteiger partial charge in [0.1, 0.15) is 0 Å². The summed E-state index contributed by atoms with van der Waals surface area (Å²) >= 11 is 0. The molecule has 8 nitrogen and oxygen atoms in total. The van der Waals surface area contributed by atoms with Gasteiger partial charge in [-0.2, -0.15) is 4.31 Å². The Hall–Kier alpha value is -2.00. The number of hydrogen-bond donors (Lipinski definition) is 1. The van der Waals surface area contributed by atoms with Gasteiger partial charge in [0.15, 0.2) is 0 Å². The van der Waals surface area contributed by atoms with Gasteiger partial charge in [0.05, 0.1) is 15.7 Å². The average Bonchev–Trinajstić information content (AvgIpc) is 3.07. The van der Waals surface area contributed by atoms with Crippen LogP contribution in [0.4, 0.5) is 5.69 Å². The fraction of sp³-hybridized carbons (Fsp3) is 0.533. The van der Waals surface area contributed by atoms with Gasteiger partial charge in [-0.1, -0.05) is 0 Å². The van der Waals surface area contributed by atoms with Crippen LogP contribution < -0.4 is 0 Å². The van der Waals surface area contributed by atoms with Crippen molar-refractivity contribution < 1.29 is 23.2 Å². The molecule has 2 fully saturated rings. The summed E-state index contributed by atoms with van der Waals surface area (Å²) in [5.41, 5.74) is 0.695. The predicted octanol–water partition coefficient (Wildman–Crippen LogP) is 1.84. The van der Waals surface area contributed by atoms with Crippen molar-refractivity contribution in [3.8, 4) is 0 Å². The van der Waals surface area contributed by atoms with E-state index in [2.05, 4.69) is 0 Å². The van der Waals surface area contributed by atoms with Crippen LogP contribution in [-0.2, 0) is 14.8 Å². The molecule has 2 aliphatic heterocycles. The van der Waals surface area contributed by atoms with Gasteiger partial charge in [-0.05, 0) is 44.2 Å². The van der Waals surface area contributed by atoms with Gasteiger partial charge < -0.3 is 5.11 Å². The molecule has 2 aliphatic rings. The number of aliphatic carboxylic acids is 1. The number of carboxylic acid groups (broad SMARTS) is 1. The van der Waals surface area contributed by atoms with E-state index in [0.29, 0.717) is 30.4 Å². The van der Waals surface area contributed by atoms with Gasteiger partial charge in [-0.25, -0.2) is 8.42 Å². The molecule has 2 bridgehead atoms. The van der Waals surface area contributed by atoms with Crippen molar-refractivity contribution in [2.24, 2.45) is 5.92 Å².